The van der Waals surface area contributed by atoms with E-state index in [2.05, 4.69) is 21.7 Å². The summed E-state index contributed by atoms with van der Waals surface area (Å²) in [6, 6.07) is 21.2. The van der Waals surface area contributed by atoms with Gasteiger partial charge >= 0.3 is 0 Å². The Labute approximate surface area is 215 Å². The van der Waals surface area contributed by atoms with Crippen molar-refractivity contribution in [1.82, 2.24) is 15.2 Å². The van der Waals surface area contributed by atoms with Gasteiger partial charge in [0.05, 0.1) is 11.5 Å². The van der Waals surface area contributed by atoms with Crippen LogP contribution in [-0.4, -0.2) is 46.2 Å². The number of rotatable bonds is 6. The number of anilines is 1. The molecule has 3 heterocycles. The molecule has 0 saturated carbocycles. The summed E-state index contributed by atoms with van der Waals surface area (Å²) in [5.41, 5.74) is 2.65. The van der Waals surface area contributed by atoms with E-state index in [4.69, 9.17) is 0 Å². The van der Waals surface area contributed by atoms with Crippen molar-refractivity contribution in [2.75, 3.05) is 11.9 Å². The Morgan fingerprint density at radius 3 is 2.57 bits per heavy atom. The van der Waals surface area contributed by atoms with Crippen molar-refractivity contribution in [3.63, 3.8) is 0 Å². The third kappa shape index (κ3) is 4.38. The summed E-state index contributed by atoms with van der Waals surface area (Å²) < 4.78 is 0. The summed E-state index contributed by atoms with van der Waals surface area (Å²) in [5.74, 6) is -0.830. The summed E-state index contributed by atoms with van der Waals surface area (Å²) in [7, 11) is 0. The molecule has 2 aromatic carbocycles. The number of para-hydroxylation sites is 1. The first-order chi connectivity index (χ1) is 17.8. The SMILES string of the molecule is CC(C)CC(NC(=O)c1ccc(-c2ccccc2)[nH]1)C(=O)N1C[C@]2(C[C@H]1C#N)C(=O)Nc1ccccc12. The first-order valence-electron chi connectivity index (χ1n) is 12.5. The molecule has 188 valence electrons. The van der Waals surface area contributed by atoms with Gasteiger partial charge in [-0.15, -0.1) is 0 Å². The molecule has 3 amide bonds. The van der Waals surface area contributed by atoms with Crippen LogP contribution in [0.1, 0.15) is 42.7 Å². The lowest BCUT2D eigenvalue weighted by molar-refractivity contribution is -0.134. The second-order valence-electron chi connectivity index (χ2n) is 10.2. The van der Waals surface area contributed by atoms with E-state index < -0.39 is 23.4 Å². The van der Waals surface area contributed by atoms with E-state index in [9.17, 15) is 19.6 Å². The molecule has 1 fully saturated rings. The summed E-state index contributed by atoms with van der Waals surface area (Å²) in [6.07, 6.45) is 0.624. The minimum Gasteiger partial charge on any atom is -0.351 e. The summed E-state index contributed by atoms with van der Waals surface area (Å²) in [4.78, 5) is 44.7. The van der Waals surface area contributed by atoms with Gasteiger partial charge in [-0.1, -0.05) is 62.4 Å². The van der Waals surface area contributed by atoms with E-state index in [1.54, 1.807) is 6.07 Å². The maximum Gasteiger partial charge on any atom is 0.268 e. The van der Waals surface area contributed by atoms with Gasteiger partial charge in [-0.25, -0.2) is 0 Å². The number of fused-ring (bicyclic) bond motifs is 2. The normalized spacial score (nSPS) is 21.0. The molecule has 1 spiro atoms. The summed E-state index contributed by atoms with van der Waals surface area (Å²) in [6.45, 7) is 4.04. The third-order valence-corrected chi connectivity index (χ3v) is 7.24. The van der Waals surface area contributed by atoms with Crippen LogP contribution >= 0.6 is 0 Å². The number of likely N-dealkylation sites (tertiary alicyclic amines) is 1. The Kier molecular flexibility index (Phi) is 6.30. The second kappa shape index (κ2) is 9.58. The Hall–Kier alpha value is -4.38. The van der Waals surface area contributed by atoms with Gasteiger partial charge in [0.1, 0.15) is 17.8 Å². The largest absolute Gasteiger partial charge is 0.351 e. The zero-order valence-electron chi connectivity index (χ0n) is 20.8. The Morgan fingerprint density at radius 2 is 1.84 bits per heavy atom. The first-order valence-corrected chi connectivity index (χ1v) is 12.5. The number of nitriles is 1. The van der Waals surface area contributed by atoms with Crippen molar-refractivity contribution in [2.24, 2.45) is 5.92 Å². The molecule has 1 saturated heterocycles. The molecule has 8 nitrogen and oxygen atoms in total. The Balaban J connectivity index is 1.38. The number of carbonyl (C=O) groups is 3. The number of nitrogens with one attached hydrogen (secondary N) is 3. The number of amides is 3. The quantitative estimate of drug-likeness (QED) is 0.481. The van der Waals surface area contributed by atoms with Crippen LogP contribution in [0.4, 0.5) is 5.69 Å². The van der Waals surface area contributed by atoms with Crippen LogP contribution in [0.25, 0.3) is 11.3 Å². The van der Waals surface area contributed by atoms with Crippen molar-refractivity contribution in [1.29, 1.82) is 5.26 Å². The molecule has 5 rings (SSSR count). The van der Waals surface area contributed by atoms with Crippen molar-refractivity contribution >= 4 is 23.4 Å². The molecule has 2 aliphatic heterocycles. The maximum atomic E-state index is 13.8. The molecule has 3 aromatic rings. The van der Waals surface area contributed by atoms with E-state index in [1.807, 2.05) is 74.5 Å². The standard InChI is InChI=1S/C29H29N5O3/c1-18(2)14-25(32-26(35)24-13-12-22(31-24)19-8-4-3-5-9-19)27(36)34-17-29(15-20(34)16-30)21-10-6-7-11-23(21)33-28(29)37/h3-13,18,20,25,31H,14-15,17H2,1-2H3,(H,32,35)(H,33,37)/t20-,25?,29-/m0/s1. The summed E-state index contributed by atoms with van der Waals surface area (Å²) in [5, 5.41) is 15.7. The van der Waals surface area contributed by atoms with Crippen LogP contribution in [-0.2, 0) is 15.0 Å². The number of nitrogens with zero attached hydrogens (tertiary/aromatic N) is 2. The zero-order chi connectivity index (χ0) is 26.2. The lowest BCUT2D eigenvalue weighted by Crippen LogP contribution is -2.51. The van der Waals surface area contributed by atoms with E-state index in [0.717, 1.165) is 16.8 Å². The van der Waals surface area contributed by atoms with Crippen molar-refractivity contribution in [2.45, 2.75) is 44.2 Å². The van der Waals surface area contributed by atoms with Gasteiger partial charge in [-0.3, -0.25) is 14.4 Å². The zero-order valence-corrected chi connectivity index (χ0v) is 20.8. The lowest BCUT2D eigenvalue weighted by atomic mass is 9.80. The first kappa shape index (κ1) is 24.3. The Bertz CT molecular complexity index is 1390. The molecule has 0 radical (unpaired) electrons. The molecule has 3 atom stereocenters. The van der Waals surface area contributed by atoms with Crippen LogP contribution < -0.4 is 10.6 Å². The number of hydrogen-bond donors (Lipinski definition) is 3. The average molecular weight is 496 g/mol. The number of aromatic amines is 1. The molecule has 2 aliphatic rings. The number of H-pyrrole nitrogens is 1. The molecule has 0 aliphatic carbocycles. The highest BCUT2D eigenvalue weighted by Crippen LogP contribution is 2.46. The van der Waals surface area contributed by atoms with Gasteiger partial charge in [0.25, 0.3) is 5.91 Å². The van der Waals surface area contributed by atoms with Gasteiger partial charge < -0.3 is 20.5 Å². The van der Waals surface area contributed by atoms with Crippen molar-refractivity contribution < 1.29 is 14.4 Å². The fourth-order valence-corrected chi connectivity index (χ4v) is 5.43. The van der Waals surface area contributed by atoms with E-state index in [0.29, 0.717) is 17.8 Å². The minimum atomic E-state index is -0.969. The van der Waals surface area contributed by atoms with E-state index in [1.165, 1.54) is 4.90 Å². The molecule has 0 bridgehead atoms. The van der Waals surface area contributed by atoms with Gasteiger partial charge in [0.15, 0.2) is 0 Å². The topological polar surface area (TPSA) is 118 Å². The van der Waals surface area contributed by atoms with Crippen LogP contribution in [0, 0.1) is 17.2 Å². The predicted octanol–water partition coefficient (Wildman–Crippen LogP) is 3.84. The van der Waals surface area contributed by atoms with Gasteiger partial charge in [0.2, 0.25) is 11.8 Å². The second-order valence-corrected chi connectivity index (χ2v) is 10.2. The predicted molar refractivity (Wildman–Crippen MR) is 139 cm³/mol. The highest BCUT2D eigenvalue weighted by molar-refractivity contribution is 6.07. The molecule has 1 unspecified atom stereocenters. The Morgan fingerprint density at radius 1 is 1.11 bits per heavy atom. The molecule has 8 heteroatoms. The van der Waals surface area contributed by atoms with Crippen molar-refractivity contribution in [3.05, 3.63) is 78.0 Å². The average Bonchev–Trinajstić information content (AvgIpc) is 3.61. The smallest absolute Gasteiger partial charge is 0.268 e. The maximum absolute atomic E-state index is 13.8. The number of benzene rings is 2. The van der Waals surface area contributed by atoms with E-state index >= 15 is 0 Å². The number of hydrogen-bond acceptors (Lipinski definition) is 4. The third-order valence-electron chi connectivity index (χ3n) is 7.24. The molecule has 37 heavy (non-hydrogen) atoms. The highest BCUT2D eigenvalue weighted by Gasteiger charge is 2.56. The lowest BCUT2D eigenvalue weighted by Gasteiger charge is -2.28. The van der Waals surface area contributed by atoms with Crippen LogP contribution in [0.2, 0.25) is 0 Å². The monoisotopic (exact) mass is 495 g/mol. The number of carbonyl (C=O) groups excluding carboxylic acids is 3. The molecular weight excluding hydrogens is 466 g/mol. The van der Waals surface area contributed by atoms with Gasteiger partial charge in [-0.2, -0.15) is 5.26 Å². The van der Waals surface area contributed by atoms with E-state index in [-0.39, 0.29) is 30.7 Å². The van der Waals surface area contributed by atoms with Gasteiger partial charge in [0, 0.05) is 24.3 Å². The summed E-state index contributed by atoms with van der Waals surface area (Å²) >= 11 is 0. The molecular formula is C29H29N5O3. The van der Waals surface area contributed by atoms with Gasteiger partial charge in [-0.05, 0) is 41.7 Å². The van der Waals surface area contributed by atoms with Crippen LogP contribution in [0.5, 0.6) is 0 Å². The van der Waals surface area contributed by atoms with Crippen molar-refractivity contribution in [3.8, 4) is 17.3 Å². The molecule has 1 aromatic heterocycles. The minimum absolute atomic E-state index is 0.0953. The fourth-order valence-electron chi connectivity index (χ4n) is 5.43. The van der Waals surface area contributed by atoms with Crippen LogP contribution in [0.15, 0.2) is 66.7 Å². The number of aromatic nitrogens is 1. The fraction of sp³-hybridized carbons (Fsp3) is 0.310. The van der Waals surface area contributed by atoms with Crippen LogP contribution in [0.3, 0.4) is 0 Å². The molecule has 3 N–H and O–H groups in total. The highest BCUT2D eigenvalue weighted by atomic mass is 16.2.